The number of hydrogen-bond donors (Lipinski definition) is 4. The molecule has 0 bridgehead atoms. The van der Waals surface area contributed by atoms with Gasteiger partial charge in [-0.25, -0.2) is 15.0 Å². The zero-order valence-corrected chi connectivity index (χ0v) is 23.7. The number of nitrogens with one attached hydrogen (secondary N) is 2. The summed E-state index contributed by atoms with van der Waals surface area (Å²) in [5, 5.41) is 27.4. The zero-order chi connectivity index (χ0) is 30.1. The van der Waals surface area contributed by atoms with Crippen molar-refractivity contribution < 1.29 is 14.2 Å². The zero-order valence-electron chi connectivity index (χ0n) is 21.5. The summed E-state index contributed by atoms with van der Waals surface area (Å²) in [5.74, 6) is -0.183. The van der Waals surface area contributed by atoms with E-state index in [1.807, 2.05) is 0 Å². The Balaban J connectivity index is 0.000000205. The van der Waals surface area contributed by atoms with Gasteiger partial charge in [-0.05, 0) is 62.8 Å². The number of nitrogens with zero attached hydrogens (tertiary/aromatic N) is 5. The lowest BCUT2D eigenvalue weighted by atomic mass is 10.4. The monoisotopic (exact) mass is 645 g/mol. The van der Waals surface area contributed by atoms with E-state index < -0.39 is 21.5 Å². The summed E-state index contributed by atoms with van der Waals surface area (Å²) in [5.41, 5.74) is 10.9. The van der Waals surface area contributed by atoms with Crippen molar-refractivity contribution in [1.82, 2.24) is 15.0 Å². The van der Waals surface area contributed by atoms with Crippen molar-refractivity contribution in [2.24, 2.45) is 5.73 Å². The first-order chi connectivity index (χ1) is 19.4. The summed E-state index contributed by atoms with van der Waals surface area (Å²) < 4.78 is 12.5. The normalized spacial score (nSPS) is 14.7. The van der Waals surface area contributed by atoms with Crippen LogP contribution in [0.3, 0.4) is 0 Å². The fourth-order valence-electron chi connectivity index (χ4n) is 2.72. The highest BCUT2D eigenvalue weighted by atomic mass is 35.5. The Labute approximate surface area is 256 Å². The number of rotatable bonds is 6. The molecule has 3 saturated carbocycles. The van der Waals surface area contributed by atoms with Crippen molar-refractivity contribution in [3.05, 3.63) is 78.0 Å². The van der Waals surface area contributed by atoms with Gasteiger partial charge in [0.1, 0.15) is 15.5 Å². The molecule has 0 amide bonds. The largest absolute Gasteiger partial charge is 0.396 e. The summed E-state index contributed by atoms with van der Waals surface area (Å²) in [6.45, 7) is 0. The molecule has 3 aliphatic carbocycles. The van der Waals surface area contributed by atoms with Crippen LogP contribution in [0.2, 0.25) is 15.5 Å². The van der Waals surface area contributed by atoms with Gasteiger partial charge in [0.25, 0.3) is 5.95 Å². The van der Waals surface area contributed by atoms with Gasteiger partial charge in [0.05, 0.1) is 15.5 Å². The second kappa shape index (κ2) is 16.2. The van der Waals surface area contributed by atoms with Gasteiger partial charge in [-0.15, -0.1) is 0 Å². The van der Waals surface area contributed by atoms with Gasteiger partial charge >= 0.3 is 11.4 Å². The minimum absolute atomic E-state index is 0. The average Bonchev–Trinajstić information content (AvgIpc) is 3.74. The van der Waals surface area contributed by atoms with Crippen LogP contribution in [0.15, 0.2) is 36.4 Å². The quantitative estimate of drug-likeness (QED) is 0.127. The van der Waals surface area contributed by atoms with Crippen LogP contribution >= 0.6 is 34.8 Å². The highest BCUT2D eigenvalue weighted by Gasteiger charge is 2.26. The number of hydrogen-bond acceptors (Lipinski definition) is 11. The van der Waals surface area contributed by atoms with Crippen molar-refractivity contribution in [3.8, 4) is 0 Å². The molecule has 3 heterocycles. The number of halogens is 4. The Morgan fingerprint density at radius 3 is 1.57 bits per heavy atom. The van der Waals surface area contributed by atoms with Gasteiger partial charge in [-0.3, -0.25) is 20.2 Å². The lowest BCUT2D eigenvalue weighted by Gasteiger charge is -2.06. The maximum Gasteiger partial charge on any atom is 0.324 e. The highest BCUT2D eigenvalue weighted by Crippen LogP contribution is 2.30. The first kappa shape index (κ1) is 34.6. The van der Waals surface area contributed by atoms with E-state index in [-0.39, 0.29) is 29.2 Å². The number of nitro groups is 2. The number of aromatic nitrogens is 3. The molecule has 42 heavy (non-hydrogen) atoms. The van der Waals surface area contributed by atoms with E-state index >= 15 is 0 Å². The van der Waals surface area contributed by atoms with Crippen LogP contribution in [0.5, 0.6) is 0 Å². The fourth-order valence-corrected chi connectivity index (χ4v) is 3.15. The van der Waals surface area contributed by atoms with E-state index in [2.05, 4.69) is 25.6 Å². The Morgan fingerprint density at radius 1 is 0.738 bits per heavy atom. The molecule has 3 fully saturated rings. The Bertz CT molecular complexity index is 1380. The van der Waals surface area contributed by atoms with E-state index in [4.69, 9.17) is 46.3 Å². The molecule has 228 valence electrons. The van der Waals surface area contributed by atoms with Crippen LogP contribution in [-0.2, 0) is 0 Å². The van der Waals surface area contributed by atoms with E-state index in [0.29, 0.717) is 34.8 Å². The van der Waals surface area contributed by atoms with E-state index in [1.165, 1.54) is 37.8 Å². The number of pyridine rings is 3. The second-order valence-corrected chi connectivity index (χ2v) is 10.4. The van der Waals surface area contributed by atoms with Crippen LogP contribution < -0.4 is 22.1 Å². The van der Waals surface area contributed by atoms with E-state index in [1.54, 1.807) is 12.1 Å². The summed E-state index contributed by atoms with van der Waals surface area (Å²) >= 11 is 16.6. The molecule has 13 nitrogen and oxygen atoms in total. The van der Waals surface area contributed by atoms with E-state index in [0.717, 1.165) is 25.0 Å². The van der Waals surface area contributed by atoms with Crippen molar-refractivity contribution >= 4 is 63.5 Å². The number of nitrogens with two attached hydrogens (primary N) is 2. The maximum atomic E-state index is 12.5. The molecule has 0 atom stereocenters. The first-order valence-electron chi connectivity index (χ1n) is 12.4. The predicted octanol–water partition coefficient (Wildman–Crippen LogP) is 6.63. The van der Waals surface area contributed by atoms with Gasteiger partial charge in [-0.2, -0.15) is 4.39 Å². The summed E-state index contributed by atoms with van der Waals surface area (Å²) in [4.78, 5) is 30.3. The average molecular weight is 647 g/mol. The lowest BCUT2D eigenvalue weighted by Crippen LogP contribution is -2.06. The molecule has 0 spiro atoms. The summed E-state index contributed by atoms with van der Waals surface area (Å²) in [6, 6.07) is 9.80. The van der Waals surface area contributed by atoms with Crippen LogP contribution in [0.4, 0.5) is 33.1 Å². The molecule has 0 aromatic carbocycles. The minimum atomic E-state index is -1.16. The second-order valence-electron chi connectivity index (χ2n) is 9.21. The van der Waals surface area contributed by atoms with Gasteiger partial charge in [-0.1, -0.05) is 42.2 Å². The van der Waals surface area contributed by atoms with Crippen LogP contribution in [0, 0.1) is 26.2 Å². The molecule has 0 saturated heterocycles. The first-order valence-corrected chi connectivity index (χ1v) is 13.5. The Morgan fingerprint density at radius 2 is 1.14 bits per heavy atom. The van der Waals surface area contributed by atoms with Crippen LogP contribution in [0.25, 0.3) is 0 Å². The molecule has 3 aromatic heterocycles. The molecule has 0 radical (unpaired) electrons. The molecule has 6 N–H and O–H groups in total. The summed E-state index contributed by atoms with van der Waals surface area (Å²) in [7, 11) is 0. The van der Waals surface area contributed by atoms with Crippen LogP contribution in [0.1, 0.15) is 46.0 Å². The van der Waals surface area contributed by atoms with Crippen LogP contribution in [-0.4, -0.2) is 42.9 Å². The smallest absolute Gasteiger partial charge is 0.324 e. The van der Waals surface area contributed by atoms with Gasteiger partial charge in [0, 0.05) is 30.3 Å². The predicted molar refractivity (Wildman–Crippen MR) is 163 cm³/mol. The van der Waals surface area contributed by atoms with Crippen molar-refractivity contribution in [2.75, 3.05) is 16.4 Å². The minimum Gasteiger partial charge on any atom is -0.396 e. The van der Waals surface area contributed by atoms with Crippen molar-refractivity contribution in [1.29, 1.82) is 0 Å². The van der Waals surface area contributed by atoms with Gasteiger partial charge < -0.3 is 22.1 Å². The third-order valence-corrected chi connectivity index (χ3v) is 6.01. The lowest BCUT2D eigenvalue weighted by molar-refractivity contribution is -0.388. The number of nitrogen functional groups attached to an aromatic ring is 1. The molecular weight excluding hydrogens is 616 g/mol. The van der Waals surface area contributed by atoms with Crippen molar-refractivity contribution in [2.45, 2.75) is 64.1 Å². The molecule has 17 heteroatoms. The van der Waals surface area contributed by atoms with E-state index in [9.17, 15) is 24.6 Å². The standard InChI is InChI=1S/C8H8ClN3O2.C8H10ClN3.C5H2ClFN2O2.C3H7N.CH4/c9-7-4-3-6(12(13)14)8(11-7)10-5-1-2-5;9-7-4-3-6(10)8(12-7)11-5-1-2-5;6-4-2-1-3(9(10)11)5(7)8-4;4-3-1-2-3;/h3-5H,1-2H2,(H,10,11);3-5H,1-2,10H2,(H,11,12);1-2H;3H,1-2,4H2;1H4. The fraction of sp³-hybridized carbons (Fsp3) is 0.400. The third kappa shape index (κ3) is 12.5. The molecule has 3 aromatic rings. The molecular formula is C25H31Cl3FN9O4. The topological polar surface area (TPSA) is 201 Å². The number of anilines is 3. The maximum absolute atomic E-state index is 12.5. The molecule has 0 aliphatic heterocycles. The molecule has 0 unspecified atom stereocenters. The molecule has 6 rings (SSSR count). The molecule has 3 aliphatic rings. The summed E-state index contributed by atoms with van der Waals surface area (Å²) in [6.07, 6.45) is 7.00. The van der Waals surface area contributed by atoms with Gasteiger partial charge in [0.2, 0.25) is 5.82 Å². The Kier molecular flexibility index (Phi) is 13.3. The van der Waals surface area contributed by atoms with Gasteiger partial charge in [0.15, 0.2) is 5.82 Å². The highest BCUT2D eigenvalue weighted by molar-refractivity contribution is 6.30. The SMILES string of the molecule is C.NC1CC1.Nc1ccc(Cl)nc1NC1CC1.O=[N+]([O-])c1ccc(Cl)nc1F.O=[N+]([O-])c1ccc(Cl)nc1NC1CC1. The third-order valence-electron chi connectivity index (χ3n) is 5.38. The Hall–Kier alpha value is -3.59. The van der Waals surface area contributed by atoms with Crippen molar-refractivity contribution in [3.63, 3.8) is 0 Å².